The van der Waals surface area contributed by atoms with Crippen LogP contribution >= 0.6 is 23.2 Å². The standard InChI is InChI=1S/C29H34N4O2.C22H28N4O2.C17H21N3O.C13H17NO4S.2C12H10ClNO.C6H12N/c1-23-8-10-24(11-9-23)21-33-17-14-27(29(33)34)31-15-5-16-32(19-18-31)28-13-12-26(20-30-28)35-22-25-6-3-2-4-7-25;1-17-3-5-18(6-4-17)16-26-12-9-20(22(26)28)24-10-2-11-25(14-13-24)21-8-7-19(27)15-23-21;1-2-5-15(6-3-1)14-21-16-7-8-17(19-13-16)20-11-4-9-18-10-12-20;1-10-3-5-11(6-4-10)9-14-8-7-12(13(14)15)18-19(2,16)17;2*13-12-7-6-11(8-14-12)15-9-10-4-2-1-3-5-10;1-2-4-6-7-5-3-1/h2-4,6-13,20,27H,5,14-19,21-22H2,1H3;3-8,15,20,27H,2,9-14,16H2,1H3;1-3,5-8,13,18H,4,9-12,14H2;3-6,12H,7-9H2,1-2H3;2*1-8H,9H2;3,7H,1-2,4-6H2/q;;;;;;+1/t;;;12-;;;/m...0.../s1. The van der Waals surface area contributed by atoms with Crippen LogP contribution in [0.4, 0.5) is 17.5 Å². The number of hydrogen-bond acceptors (Lipinski definition) is 23. The van der Waals surface area contributed by atoms with E-state index >= 15 is 0 Å². The first-order chi connectivity index (χ1) is 68.2. The zero-order valence-electron chi connectivity index (χ0n) is 80.8. The van der Waals surface area contributed by atoms with E-state index in [2.05, 4.69) is 153 Å². The fraction of sp³-hybridized carbons (Fsp3) is 0.360. The second kappa shape index (κ2) is 55.9. The molecule has 736 valence electrons. The van der Waals surface area contributed by atoms with Crippen LogP contribution in [0.15, 0.2) is 286 Å². The molecule has 0 saturated carbocycles. The highest BCUT2D eigenvalue weighted by molar-refractivity contribution is 7.86. The minimum atomic E-state index is -3.59. The van der Waals surface area contributed by atoms with Crippen molar-refractivity contribution in [2.45, 2.75) is 143 Å². The highest BCUT2D eigenvalue weighted by atomic mass is 35.5. The van der Waals surface area contributed by atoms with Gasteiger partial charge in [0, 0.05) is 118 Å². The number of aromatic hydroxyl groups is 1. The summed E-state index contributed by atoms with van der Waals surface area (Å²) in [5, 5.41) is 17.1. The van der Waals surface area contributed by atoms with Crippen LogP contribution in [0.25, 0.3) is 0 Å². The minimum Gasteiger partial charge on any atom is -0.506 e. The number of nitrogens with zero attached hydrogens (tertiary/aromatic N) is 13. The topological polar surface area (TPSA) is 266 Å². The van der Waals surface area contributed by atoms with Crippen LogP contribution in [0.1, 0.15) is 113 Å². The Hall–Kier alpha value is -12.7. The Kier molecular flexibility index (Phi) is 41.8. The SMILES string of the molecule is Cc1ccc(CN2CCC(N3CCCN(c4ccc(O)cn4)CC3)C2=O)cc1.Cc1ccc(CN2CCC(N3CCCN(c4ccc(OCc5ccccc5)cn4)CC3)C2=O)cc1.Cc1ccc(CN2CC[C@H](OS(C)(=O)=O)C2=O)cc1.Clc1ccc(OCc2ccccc2)cn1.Clc1ccc(OCc2ccccc2)cn1.[CH+]1CCCCNC1.c1ccc(COc2ccc(N3CCCNCC3)nc2)cc1. The van der Waals surface area contributed by atoms with Gasteiger partial charge in [0.1, 0.15) is 89.5 Å². The van der Waals surface area contributed by atoms with Gasteiger partial charge in [-0.2, -0.15) is 8.42 Å². The highest BCUT2D eigenvalue weighted by Gasteiger charge is 2.39. The van der Waals surface area contributed by atoms with Crippen LogP contribution < -0.4 is 44.3 Å². The van der Waals surface area contributed by atoms with Gasteiger partial charge in [-0.25, -0.2) is 24.9 Å². The van der Waals surface area contributed by atoms with Gasteiger partial charge in [-0.3, -0.25) is 33.7 Å². The van der Waals surface area contributed by atoms with E-state index < -0.39 is 16.2 Å². The smallest absolute Gasteiger partial charge is 0.265 e. The molecular weight excluding hydrogens is 1820 g/mol. The predicted octanol–water partition coefficient (Wildman–Crippen LogP) is 17.8. The number of rotatable bonds is 25. The molecule has 140 heavy (non-hydrogen) atoms. The van der Waals surface area contributed by atoms with Gasteiger partial charge in [0.05, 0.1) is 62.2 Å². The van der Waals surface area contributed by atoms with Crippen molar-refractivity contribution in [3.05, 3.63) is 358 Å². The number of aromatic nitrogens is 5. The molecule has 3 amide bonds. The molecule has 7 aliphatic rings. The molecule has 12 heterocycles. The number of nitrogens with one attached hydrogen (secondary N) is 2. The largest absolute Gasteiger partial charge is 0.506 e. The van der Waals surface area contributed by atoms with Crippen molar-refractivity contribution in [1.29, 1.82) is 0 Å². The Morgan fingerprint density at radius 3 is 1.10 bits per heavy atom. The molecule has 5 aromatic heterocycles. The third kappa shape index (κ3) is 35.6. The van der Waals surface area contributed by atoms with Crippen LogP contribution in [-0.4, -0.2) is 216 Å². The number of pyridine rings is 5. The summed E-state index contributed by atoms with van der Waals surface area (Å²) in [5.74, 6) is 6.40. The van der Waals surface area contributed by atoms with Crippen LogP contribution in [-0.2, 0) is 74.7 Å². The number of aryl methyl sites for hydroxylation is 3. The summed E-state index contributed by atoms with van der Waals surface area (Å²) in [4.78, 5) is 76.8. The van der Waals surface area contributed by atoms with E-state index in [0.29, 0.717) is 69.3 Å². The van der Waals surface area contributed by atoms with Gasteiger partial charge >= 0.3 is 0 Å². The van der Waals surface area contributed by atoms with Gasteiger partial charge in [-0.15, -0.1) is 0 Å². The lowest BCUT2D eigenvalue weighted by atomic mass is 10.1. The number of likely N-dealkylation sites (tertiary alicyclic amines) is 3. The Morgan fingerprint density at radius 1 is 0.357 bits per heavy atom. The molecule has 0 aliphatic carbocycles. The number of halogens is 2. The summed E-state index contributed by atoms with van der Waals surface area (Å²) in [6.07, 6.45) is 20.2. The second-order valence-corrected chi connectivity index (χ2v) is 37.9. The lowest BCUT2D eigenvalue weighted by Crippen LogP contribution is -2.43. The van der Waals surface area contributed by atoms with Crippen LogP contribution in [0.3, 0.4) is 0 Å². The summed E-state index contributed by atoms with van der Waals surface area (Å²) in [6.45, 7) is 26.2. The molecule has 7 aromatic carbocycles. The summed E-state index contributed by atoms with van der Waals surface area (Å²) < 4.78 is 49.6. The normalized spacial score (nSPS) is 17.3. The maximum absolute atomic E-state index is 13.2. The van der Waals surface area contributed by atoms with E-state index in [1.807, 2.05) is 181 Å². The Balaban J connectivity index is 0.000000143. The van der Waals surface area contributed by atoms with Crippen molar-refractivity contribution in [3.63, 3.8) is 0 Å². The number of anilines is 3. The van der Waals surface area contributed by atoms with E-state index in [1.165, 1.54) is 59.8 Å². The fourth-order valence-corrected chi connectivity index (χ4v) is 17.8. The molecule has 7 fully saturated rings. The number of benzene rings is 7. The van der Waals surface area contributed by atoms with Crippen LogP contribution in [0.5, 0.6) is 28.7 Å². The molecule has 0 bridgehead atoms. The third-order valence-corrected chi connectivity index (χ3v) is 25.7. The number of amides is 3. The van der Waals surface area contributed by atoms with Crippen molar-refractivity contribution in [3.8, 4) is 28.7 Å². The van der Waals surface area contributed by atoms with Crippen molar-refractivity contribution in [2.75, 3.05) is 132 Å². The van der Waals surface area contributed by atoms with Gasteiger partial charge in [0.15, 0.2) is 6.10 Å². The first-order valence-corrected chi connectivity index (χ1v) is 51.1. The molecule has 19 rings (SSSR count). The Bertz CT molecular complexity index is 5650. The van der Waals surface area contributed by atoms with E-state index in [-0.39, 0.29) is 35.6 Å². The van der Waals surface area contributed by atoms with Crippen molar-refractivity contribution >= 4 is 68.5 Å². The maximum Gasteiger partial charge on any atom is 0.265 e. The molecular formula is C111H132Cl2N15O11S+. The van der Waals surface area contributed by atoms with Gasteiger partial charge in [0.25, 0.3) is 16.0 Å². The quantitative estimate of drug-likeness (QED) is 0.0273. The van der Waals surface area contributed by atoms with Crippen molar-refractivity contribution in [2.24, 2.45) is 0 Å². The Morgan fingerprint density at radius 2 is 0.721 bits per heavy atom. The molecule has 7 saturated heterocycles. The molecule has 7 aliphatic heterocycles. The fourth-order valence-electron chi connectivity index (χ4n) is 16.9. The van der Waals surface area contributed by atoms with Gasteiger partial charge in [-0.1, -0.05) is 234 Å². The van der Waals surface area contributed by atoms with Gasteiger partial charge in [-0.05, 0) is 178 Å². The highest BCUT2D eigenvalue weighted by Crippen LogP contribution is 2.29. The summed E-state index contributed by atoms with van der Waals surface area (Å²) in [6, 6.07) is 83.8. The molecule has 29 heteroatoms. The number of hydrogen-bond donors (Lipinski definition) is 3. The van der Waals surface area contributed by atoms with Crippen molar-refractivity contribution < 1.29 is 51.0 Å². The first-order valence-electron chi connectivity index (χ1n) is 48.6. The molecule has 3 N–H and O–H groups in total. The summed E-state index contributed by atoms with van der Waals surface area (Å²) in [5.41, 5.74) is 11.6. The van der Waals surface area contributed by atoms with Gasteiger partial charge < -0.3 is 58.8 Å². The average molecular weight is 1960 g/mol. The zero-order chi connectivity index (χ0) is 97.9. The van der Waals surface area contributed by atoms with E-state index in [9.17, 15) is 27.9 Å². The summed E-state index contributed by atoms with van der Waals surface area (Å²) in [7, 11) is -3.59. The maximum atomic E-state index is 13.2. The van der Waals surface area contributed by atoms with E-state index in [0.717, 1.165) is 205 Å². The Labute approximate surface area is 836 Å². The molecule has 2 unspecified atom stereocenters. The first kappa shape index (κ1) is 105. The monoisotopic (exact) mass is 1950 g/mol. The molecule has 26 nitrogen and oxygen atoms in total. The number of carbonyl (C=O) groups is 3. The molecule has 0 radical (unpaired) electrons. The molecule has 0 spiro atoms. The van der Waals surface area contributed by atoms with Gasteiger partial charge in [0.2, 0.25) is 11.8 Å². The molecule has 12 aromatic rings. The molecule has 3 atom stereocenters. The summed E-state index contributed by atoms with van der Waals surface area (Å²) >= 11 is 11.3. The second-order valence-electron chi connectivity index (χ2n) is 35.6. The average Bonchev–Trinajstić information content (AvgIpc) is 1.68. The van der Waals surface area contributed by atoms with E-state index in [1.54, 1.807) is 47.6 Å². The number of ether oxygens (including phenoxy) is 4. The third-order valence-electron chi connectivity index (χ3n) is 24.7. The van der Waals surface area contributed by atoms with Crippen molar-refractivity contribution in [1.82, 2.24) is 60.1 Å². The van der Waals surface area contributed by atoms with Crippen LogP contribution in [0.2, 0.25) is 10.3 Å². The van der Waals surface area contributed by atoms with E-state index in [4.69, 9.17) is 46.3 Å². The lowest BCUT2D eigenvalue weighted by Gasteiger charge is -2.27. The minimum absolute atomic E-state index is 0.00169. The predicted molar refractivity (Wildman–Crippen MR) is 554 cm³/mol. The van der Waals surface area contributed by atoms with Crippen LogP contribution in [0, 0.1) is 27.2 Å². The number of carbonyl (C=O) groups excluding carboxylic acids is 3. The zero-order valence-corrected chi connectivity index (χ0v) is 83.1. The lowest BCUT2D eigenvalue weighted by molar-refractivity contribution is -0.134.